The number of aromatic nitrogens is 2. The van der Waals surface area contributed by atoms with Crippen LogP contribution >= 0.6 is 27.5 Å². The van der Waals surface area contributed by atoms with Crippen LogP contribution in [0.5, 0.6) is 0 Å². The molecule has 2 aromatic carbocycles. The van der Waals surface area contributed by atoms with E-state index >= 15 is 0 Å². The highest BCUT2D eigenvalue weighted by Crippen LogP contribution is 2.23. The van der Waals surface area contributed by atoms with Gasteiger partial charge in [-0.25, -0.2) is 4.98 Å². The van der Waals surface area contributed by atoms with E-state index in [1.807, 2.05) is 35.2 Å². The average molecular weight is 434 g/mol. The Morgan fingerprint density at radius 1 is 1.15 bits per heavy atom. The molecular formula is C19H18BrClN4O. The summed E-state index contributed by atoms with van der Waals surface area (Å²) >= 11 is 9.60. The molecule has 0 bridgehead atoms. The number of para-hydroxylation sites is 2. The lowest BCUT2D eigenvalue weighted by molar-refractivity contribution is 0.0626. The molecule has 1 aromatic heterocycles. The number of aromatic amines is 1. The summed E-state index contributed by atoms with van der Waals surface area (Å²) in [6.07, 6.45) is 0. The van der Waals surface area contributed by atoms with Crippen LogP contribution in [0.3, 0.4) is 0 Å². The standard InChI is InChI=1S/C19H18BrClN4O/c20-13-5-6-15(21)14(11-13)19(26)25-9-7-24(8-10-25)12-18-22-16-3-1-2-4-17(16)23-18/h1-6,11H,7-10,12H2,(H,22,23). The molecule has 1 aliphatic heterocycles. The van der Waals surface area contributed by atoms with Crippen molar-refractivity contribution >= 4 is 44.5 Å². The molecule has 5 nitrogen and oxygen atoms in total. The Bertz CT molecular complexity index is 917. The van der Waals surface area contributed by atoms with Crippen molar-refractivity contribution in [3.05, 3.63) is 63.3 Å². The lowest BCUT2D eigenvalue weighted by Gasteiger charge is -2.34. The molecule has 1 N–H and O–H groups in total. The fourth-order valence-corrected chi connectivity index (χ4v) is 3.79. The van der Waals surface area contributed by atoms with E-state index in [0.29, 0.717) is 23.7 Å². The zero-order valence-corrected chi connectivity index (χ0v) is 16.4. The number of piperazine rings is 1. The number of nitrogens with one attached hydrogen (secondary N) is 1. The number of nitrogens with zero attached hydrogens (tertiary/aromatic N) is 3. The van der Waals surface area contributed by atoms with Crippen molar-refractivity contribution in [2.45, 2.75) is 6.54 Å². The molecule has 1 fully saturated rings. The van der Waals surface area contributed by atoms with Crippen LogP contribution in [0, 0.1) is 0 Å². The van der Waals surface area contributed by atoms with Crippen molar-refractivity contribution in [1.29, 1.82) is 0 Å². The number of benzene rings is 2. The summed E-state index contributed by atoms with van der Waals surface area (Å²) in [7, 11) is 0. The zero-order chi connectivity index (χ0) is 18.1. The summed E-state index contributed by atoms with van der Waals surface area (Å²) in [6, 6.07) is 13.4. The highest BCUT2D eigenvalue weighted by Gasteiger charge is 2.24. The van der Waals surface area contributed by atoms with E-state index in [-0.39, 0.29) is 5.91 Å². The lowest BCUT2D eigenvalue weighted by Crippen LogP contribution is -2.48. The highest BCUT2D eigenvalue weighted by atomic mass is 79.9. The number of halogens is 2. The van der Waals surface area contributed by atoms with Crippen LogP contribution in [0.25, 0.3) is 11.0 Å². The lowest BCUT2D eigenvalue weighted by atomic mass is 10.2. The predicted molar refractivity (Wildman–Crippen MR) is 106 cm³/mol. The van der Waals surface area contributed by atoms with E-state index in [2.05, 4.69) is 30.8 Å². The molecule has 7 heteroatoms. The largest absolute Gasteiger partial charge is 0.341 e. The van der Waals surface area contributed by atoms with Gasteiger partial charge in [0.15, 0.2) is 0 Å². The van der Waals surface area contributed by atoms with E-state index in [9.17, 15) is 4.79 Å². The number of fused-ring (bicyclic) bond motifs is 1. The van der Waals surface area contributed by atoms with Gasteiger partial charge in [-0.3, -0.25) is 9.69 Å². The number of amides is 1. The number of carbonyl (C=O) groups is 1. The number of imidazole rings is 1. The third-order valence-electron chi connectivity index (χ3n) is 4.63. The summed E-state index contributed by atoms with van der Waals surface area (Å²) in [4.78, 5) is 24.9. The van der Waals surface area contributed by atoms with Gasteiger partial charge in [0.05, 0.1) is 28.2 Å². The number of rotatable bonds is 3. The fraction of sp³-hybridized carbons (Fsp3) is 0.263. The van der Waals surface area contributed by atoms with Gasteiger partial charge in [-0.05, 0) is 30.3 Å². The average Bonchev–Trinajstić information content (AvgIpc) is 3.06. The predicted octanol–water partition coefficient (Wildman–Crippen LogP) is 3.94. The monoisotopic (exact) mass is 432 g/mol. The maximum absolute atomic E-state index is 12.7. The Hall–Kier alpha value is -1.89. The Labute approximate surface area is 165 Å². The van der Waals surface area contributed by atoms with Crippen LogP contribution in [-0.2, 0) is 6.54 Å². The van der Waals surface area contributed by atoms with Gasteiger partial charge < -0.3 is 9.88 Å². The van der Waals surface area contributed by atoms with E-state index in [0.717, 1.165) is 41.0 Å². The van der Waals surface area contributed by atoms with Gasteiger partial charge in [0.25, 0.3) is 5.91 Å². The molecule has 0 saturated carbocycles. The summed E-state index contributed by atoms with van der Waals surface area (Å²) in [5.74, 6) is 0.945. The Morgan fingerprint density at radius 2 is 1.92 bits per heavy atom. The zero-order valence-electron chi connectivity index (χ0n) is 14.1. The molecule has 0 atom stereocenters. The fourth-order valence-electron chi connectivity index (χ4n) is 3.23. The van der Waals surface area contributed by atoms with Crippen molar-refractivity contribution in [2.75, 3.05) is 26.2 Å². The van der Waals surface area contributed by atoms with Crippen LogP contribution < -0.4 is 0 Å². The first-order chi connectivity index (χ1) is 12.6. The van der Waals surface area contributed by atoms with Gasteiger partial charge in [0.2, 0.25) is 0 Å². The van der Waals surface area contributed by atoms with Crippen LogP contribution in [0.1, 0.15) is 16.2 Å². The molecule has 0 unspecified atom stereocenters. The van der Waals surface area contributed by atoms with Crippen molar-refractivity contribution in [1.82, 2.24) is 19.8 Å². The smallest absolute Gasteiger partial charge is 0.255 e. The Balaban J connectivity index is 1.39. The second-order valence-corrected chi connectivity index (χ2v) is 7.72. The third kappa shape index (κ3) is 3.63. The second kappa shape index (κ2) is 7.39. The molecule has 3 aromatic rings. The summed E-state index contributed by atoms with van der Waals surface area (Å²) in [5.41, 5.74) is 2.59. The molecule has 0 spiro atoms. The molecule has 0 radical (unpaired) electrons. The molecular weight excluding hydrogens is 416 g/mol. The SMILES string of the molecule is O=C(c1cc(Br)ccc1Cl)N1CCN(Cc2nc3ccccc3[nH]2)CC1. The second-order valence-electron chi connectivity index (χ2n) is 6.39. The normalized spacial score (nSPS) is 15.5. The first-order valence-electron chi connectivity index (χ1n) is 8.50. The van der Waals surface area contributed by atoms with Gasteiger partial charge in [0.1, 0.15) is 5.82 Å². The first kappa shape index (κ1) is 17.5. The van der Waals surface area contributed by atoms with Crippen molar-refractivity contribution in [2.24, 2.45) is 0 Å². The summed E-state index contributed by atoms with van der Waals surface area (Å²) in [5, 5.41) is 0.489. The van der Waals surface area contributed by atoms with Crippen LogP contribution in [0.4, 0.5) is 0 Å². The number of hydrogen-bond acceptors (Lipinski definition) is 3. The molecule has 1 aliphatic rings. The maximum Gasteiger partial charge on any atom is 0.255 e. The number of hydrogen-bond donors (Lipinski definition) is 1. The van der Waals surface area contributed by atoms with Gasteiger partial charge in [0, 0.05) is 30.7 Å². The Morgan fingerprint density at radius 3 is 2.69 bits per heavy atom. The van der Waals surface area contributed by atoms with Crippen LogP contribution in [-0.4, -0.2) is 51.9 Å². The summed E-state index contributed by atoms with van der Waals surface area (Å²) in [6.45, 7) is 3.75. The molecule has 2 heterocycles. The molecule has 1 saturated heterocycles. The minimum atomic E-state index is -0.0142. The molecule has 134 valence electrons. The minimum Gasteiger partial charge on any atom is -0.341 e. The summed E-state index contributed by atoms with van der Waals surface area (Å²) < 4.78 is 0.855. The third-order valence-corrected chi connectivity index (χ3v) is 5.45. The number of H-pyrrole nitrogens is 1. The van der Waals surface area contributed by atoms with Gasteiger partial charge in [-0.1, -0.05) is 39.7 Å². The van der Waals surface area contributed by atoms with Gasteiger partial charge >= 0.3 is 0 Å². The number of carbonyl (C=O) groups excluding carboxylic acids is 1. The van der Waals surface area contributed by atoms with Crippen LogP contribution in [0.2, 0.25) is 5.02 Å². The maximum atomic E-state index is 12.7. The minimum absolute atomic E-state index is 0.0142. The highest BCUT2D eigenvalue weighted by molar-refractivity contribution is 9.10. The van der Waals surface area contributed by atoms with Crippen molar-refractivity contribution in [3.8, 4) is 0 Å². The Kier molecular flexibility index (Phi) is 4.98. The van der Waals surface area contributed by atoms with Crippen molar-refractivity contribution < 1.29 is 4.79 Å². The van der Waals surface area contributed by atoms with Gasteiger partial charge in [-0.2, -0.15) is 0 Å². The molecule has 26 heavy (non-hydrogen) atoms. The first-order valence-corrected chi connectivity index (χ1v) is 9.67. The molecule has 1 amide bonds. The topological polar surface area (TPSA) is 52.2 Å². The van der Waals surface area contributed by atoms with E-state index in [1.54, 1.807) is 12.1 Å². The van der Waals surface area contributed by atoms with E-state index in [1.165, 1.54) is 0 Å². The molecule has 4 rings (SSSR count). The van der Waals surface area contributed by atoms with E-state index in [4.69, 9.17) is 11.6 Å². The van der Waals surface area contributed by atoms with Gasteiger partial charge in [-0.15, -0.1) is 0 Å². The van der Waals surface area contributed by atoms with Crippen LogP contribution in [0.15, 0.2) is 46.9 Å². The molecule has 0 aliphatic carbocycles. The quantitative estimate of drug-likeness (QED) is 0.681. The van der Waals surface area contributed by atoms with E-state index < -0.39 is 0 Å². The van der Waals surface area contributed by atoms with Crippen molar-refractivity contribution in [3.63, 3.8) is 0 Å².